The number of methoxy groups -OCH3 is 1. The molecule has 1 amide bonds. The summed E-state index contributed by atoms with van der Waals surface area (Å²) in [5, 5.41) is 35.0. The lowest BCUT2D eigenvalue weighted by atomic mass is 9.71. The second kappa shape index (κ2) is 8.78. The summed E-state index contributed by atoms with van der Waals surface area (Å²) in [6.45, 7) is 2.71. The van der Waals surface area contributed by atoms with Gasteiger partial charge in [-0.2, -0.15) is 5.26 Å². The highest BCUT2D eigenvalue weighted by atomic mass is 16.5. The quantitative estimate of drug-likeness (QED) is 0.439. The number of rotatable bonds is 5. The number of hydrogen-bond donors (Lipinski definition) is 3. The summed E-state index contributed by atoms with van der Waals surface area (Å²) in [6, 6.07) is 14.2. The van der Waals surface area contributed by atoms with Gasteiger partial charge in [-0.05, 0) is 36.2 Å². The Hall–Kier alpha value is -5.10. The number of benzene rings is 3. The minimum Gasteiger partial charge on any atom is -0.507 e. The summed E-state index contributed by atoms with van der Waals surface area (Å²) < 4.78 is 11.3. The average molecular weight is 511 g/mol. The molecule has 3 aromatic carbocycles. The number of phenolic OH excluding ortho intramolecular Hbond substituents is 1. The van der Waals surface area contributed by atoms with E-state index >= 15 is 0 Å². The highest BCUT2D eigenvalue weighted by Crippen LogP contribution is 2.56. The van der Waals surface area contributed by atoms with Gasteiger partial charge in [0.05, 0.1) is 24.3 Å². The number of nitrogens with zero attached hydrogens (tertiary/aromatic N) is 1. The van der Waals surface area contributed by atoms with Crippen LogP contribution < -0.4 is 14.8 Å². The van der Waals surface area contributed by atoms with Crippen molar-refractivity contribution >= 4 is 28.2 Å². The number of fused-ring (bicyclic) bond motifs is 4. The molecule has 0 fully saturated rings. The third kappa shape index (κ3) is 3.42. The monoisotopic (exact) mass is 510 g/mol. The van der Waals surface area contributed by atoms with Crippen molar-refractivity contribution in [3.8, 4) is 23.3 Å². The first kappa shape index (κ1) is 24.6. The Bertz CT molecular complexity index is 1690. The zero-order valence-corrected chi connectivity index (χ0v) is 20.7. The Morgan fingerprint density at radius 2 is 1.87 bits per heavy atom. The van der Waals surface area contributed by atoms with E-state index in [1.807, 2.05) is 24.3 Å². The van der Waals surface area contributed by atoms with Crippen molar-refractivity contribution in [3.05, 3.63) is 87.9 Å². The van der Waals surface area contributed by atoms with E-state index in [1.54, 1.807) is 12.1 Å². The SMILES string of the molecule is COc1cc(O)c2c(c1C(=O)NCc1ccc(C#N)c3ccccc13)OC1=CC(O)=C(C(C)=O)C(=O)[C@]12C. The molecule has 9 nitrogen and oxygen atoms in total. The number of carbonyl (C=O) groups is 3. The van der Waals surface area contributed by atoms with Gasteiger partial charge in [0, 0.05) is 18.7 Å². The van der Waals surface area contributed by atoms with Crippen molar-refractivity contribution in [2.24, 2.45) is 0 Å². The number of phenols is 1. The molecule has 0 saturated heterocycles. The first-order chi connectivity index (χ1) is 18.1. The van der Waals surface area contributed by atoms with E-state index in [0.717, 1.165) is 29.3 Å². The first-order valence-corrected chi connectivity index (χ1v) is 11.7. The Morgan fingerprint density at radius 3 is 2.53 bits per heavy atom. The molecule has 1 heterocycles. The average Bonchev–Trinajstić information content (AvgIpc) is 3.20. The number of carbonyl (C=O) groups excluding carboxylic acids is 3. The Balaban J connectivity index is 1.57. The van der Waals surface area contributed by atoms with E-state index in [0.29, 0.717) is 5.56 Å². The number of aliphatic hydroxyl groups is 1. The standard InChI is InChI=1S/C29H22N2O7/c1-14(32)23-19(33)11-22-29(2,27(23)35)25-20(34)10-21(37-3)24(26(25)38-22)28(36)31-13-16-9-8-15(12-30)17-6-4-5-7-18(16)17/h4-11,33-34H,13H2,1-3H3,(H,31,36)/t29-/m1/s1. The number of Topliss-reactive ketones (excluding diaryl/α,β-unsaturated/α-hetero) is 2. The second-order valence-corrected chi connectivity index (χ2v) is 9.17. The van der Waals surface area contributed by atoms with E-state index in [4.69, 9.17) is 9.47 Å². The Kier molecular flexibility index (Phi) is 5.68. The summed E-state index contributed by atoms with van der Waals surface area (Å²) in [7, 11) is 1.32. The predicted molar refractivity (Wildman–Crippen MR) is 136 cm³/mol. The molecule has 2 aliphatic rings. The molecule has 0 saturated carbocycles. The first-order valence-electron chi connectivity index (χ1n) is 11.7. The number of ether oxygens (including phenoxy) is 2. The van der Waals surface area contributed by atoms with Crippen LogP contribution in [0.25, 0.3) is 10.8 Å². The van der Waals surface area contributed by atoms with Crippen molar-refractivity contribution in [3.63, 3.8) is 0 Å². The number of nitriles is 1. The number of aromatic hydroxyl groups is 1. The van der Waals surface area contributed by atoms with Crippen LogP contribution in [0.1, 0.15) is 40.9 Å². The highest BCUT2D eigenvalue weighted by Gasteiger charge is 2.55. The van der Waals surface area contributed by atoms with E-state index in [2.05, 4.69) is 11.4 Å². The minimum absolute atomic E-state index is 0.00250. The number of aliphatic hydroxyl groups excluding tert-OH is 1. The molecular formula is C29H22N2O7. The van der Waals surface area contributed by atoms with Gasteiger partial charge in [0.2, 0.25) is 0 Å². The van der Waals surface area contributed by atoms with Gasteiger partial charge in [-0.1, -0.05) is 30.3 Å². The predicted octanol–water partition coefficient (Wildman–Crippen LogP) is 3.87. The molecule has 0 unspecified atom stereocenters. The zero-order chi connectivity index (χ0) is 27.4. The van der Waals surface area contributed by atoms with Crippen molar-refractivity contribution in [1.29, 1.82) is 5.26 Å². The van der Waals surface area contributed by atoms with Gasteiger partial charge < -0.3 is 25.0 Å². The van der Waals surface area contributed by atoms with Gasteiger partial charge in [0.1, 0.15) is 39.6 Å². The fraction of sp³-hybridized carbons (Fsp3) is 0.172. The van der Waals surface area contributed by atoms with Crippen LogP contribution in [0.2, 0.25) is 0 Å². The largest absolute Gasteiger partial charge is 0.507 e. The third-order valence-electron chi connectivity index (χ3n) is 7.01. The molecule has 38 heavy (non-hydrogen) atoms. The number of allylic oxidation sites excluding steroid dienone is 3. The lowest BCUT2D eigenvalue weighted by Gasteiger charge is -2.27. The number of ketones is 2. The maximum Gasteiger partial charge on any atom is 0.259 e. The van der Waals surface area contributed by atoms with E-state index < -0.39 is 34.2 Å². The van der Waals surface area contributed by atoms with Crippen LogP contribution in [0, 0.1) is 11.3 Å². The van der Waals surface area contributed by atoms with Crippen LogP contribution in [-0.2, 0) is 21.5 Å². The van der Waals surface area contributed by atoms with E-state index in [1.165, 1.54) is 20.1 Å². The summed E-state index contributed by atoms with van der Waals surface area (Å²) in [6.07, 6.45) is 1.15. The van der Waals surface area contributed by atoms with Gasteiger partial charge in [0.25, 0.3) is 5.91 Å². The summed E-state index contributed by atoms with van der Waals surface area (Å²) in [5.74, 6) is -3.05. The van der Waals surface area contributed by atoms with Crippen molar-refractivity contribution in [2.75, 3.05) is 7.11 Å². The fourth-order valence-corrected chi connectivity index (χ4v) is 5.10. The molecule has 3 N–H and O–H groups in total. The van der Waals surface area contributed by atoms with E-state index in [9.17, 15) is 29.9 Å². The number of nitrogens with one attached hydrogen (secondary N) is 1. The Labute approximate surface area is 217 Å². The third-order valence-corrected chi connectivity index (χ3v) is 7.01. The summed E-state index contributed by atoms with van der Waals surface area (Å²) in [5.41, 5.74) is -0.848. The van der Waals surface area contributed by atoms with Crippen LogP contribution in [-0.4, -0.2) is 34.8 Å². The molecule has 1 aliphatic heterocycles. The maximum atomic E-state index is 13.5. The smallest absolute Gasteiger partial charge is 0.259 e. The summed E-state index contributed by atoms with van der Waals surface area (Å²) in [4.78, 5) is 39.0. The molecule has 1 aliphatic carbocycles. The molecular weight excluding hydrogens is 488 g/mol. The van der Waals surface area contributed by atoms with Crippen LogP contribution in [0.3, 0.4) is 0 Å². The van der Waals surface area contributed by atoms with Crippen LogP contribution in [0.15, 0.2) is 65.6 Å². The summed E-state index contributed by atoms with van der Waals surface area (Å²) >= 11 is 0. The van der Waals surface area contributed by atoms with Crippen molar-refractivity contribution < 1.29 is 34.1 Å². The van der Waals surface area contributed by atoms with Gasteiger partial charge in [-0.25, -0.2) is 0 Å². The van der Waals surface area contributed by atoms with Gasteiger partial charge in [-0.15, -0.1) is 0 Å². The van der Waals surface area contributed by atoms with Crippen LogP contribution >= 0.6 is 0 Å². The van der Waals surface area contributed by atoms with Gasteiger partial charge in [0.15, 0.2) is 17.3 Å². The van der Waals surface area contributed by atoms with Gasteiger partial charge in [-0.3, -0.25) is 14.4 Å². The normalized spacial score (nSPS) is 17.7. The number of hydrogen-bond acceptors (Lipinski definition) is 8. The molecule has 1 atom stereocenters. The lowest BCUT2D eigenvalue weighted by Crippen LogP contribution is -2.38. The van der Waals surface area contributed by atoms with Crippen molar-refractivity contribution in [1.82, 2.24) is 5.32 Å². The van der Waals surface area contributed by atoms with Crippen LogP contribution in [0.4, 0.5) is 0 Å². The van der Waals surface area contributed by atoms with Gasteiger partial charge >= 0.3 is 0 Å². The molecule has 3 aromatic rings. The van der Waals surface area contributed by atoms with Crippen LogP contribution in [0.5, 0.6) is 17.2 Å². The zero-order valence-electron chi connectivity index (χ0n) is 20.7. The topological polar surface area (TPSA) is 146 Å². The molecule has 0 radical (unpaired) electrons. The maximum absolute atomic E-state index is 13.5. The number of amides is 1. The van der Waals surface area contributed by atoms with E-state index in [-0.39, 0.29) is 40.7 Å². The molecule has 190 valence electrons. The van der Waals surface area contributed by atoms with Crippen molar-refractivity contribution in [2.45, 2.75) is 25.8 Å². The lowest BCUT2D eigenvalue weighted by molar-refractivity contribution is -0.123. The Morgan fingerprint density at radius 1 is 1.16 bits per heavy atom. The fourth-order valence-electron chi connectivity index (χ4n) is 5.10. The minimum atomic E-state index is -1.64. The molecule has 5 rings (SSSR count). The molecule has 0 aromatic heterocycles. The molecule has 0 bridgehead atoms. The molecule has 9 heteroatoms. The molecule has 0 spiro atoms. The highest BCUT2D eigenvalue weighted by molar-refractivity contribution is 6.25. The second-order valence-electron chi connectivity index (χ2n) is 9.17.